The van der Waals surface area contributed by atoms with E-state index in [0.717, 1.165) is 39.1 Å². The monoisotopic (exact) mass is 352 g/mol. The van der Waals surface area contributed by atoms with Crippen LogP contribution >= 0.6 is 0 Å². The molecule has 0 aliphatic carbocycles. The molecule has 1 N–H and O–H groups in total. The van der Waals surface area contributed by atoms with Crippen molar-refractivity contribution in [2.45, 2.75) is 32.7 Å². The molecule has 1 fully saturated rings. The van der Waals surface area contributed by atoms with E-state index in [1.165, 1.54) is 25.3 Å². The molecule has 0 saturated carbocycles. The second-order valence-corrected chi connectivity index (χ2v) is 6.35. The lowest BCUT2D eigenvalue weighted by Crippen LogP contribution is -2.52. The third-order valence-corrected chi connectivity index (χ3v) is 4.99. The number of nitrogens with zero attached hydrogens (tertiary/aromatic N) is 1. The predicted molar refractivity (Wildman–Crippen MR) is 95.5 cm³/mol. The number of rotatable bonds is 8. The summed E-state index contributed by atoms with van der Waals surface area (Å²) in [6.07, 6.45) is 2.11. The van der Waals surface area contributed by atoms with Gasteiger partial charge in [0.15, 0.2) is 0 Å². The molecule has 0 radical (unpaired) electrons. The van der Waals surface area contributed by atoms with Crippen molar-refractivity contribution >= 4 is 5.91 Å². The Bertz CT molecular complexity index is 558. The standard InChI is InChI=1S/C19H29FN2O3/c1-4-14(5-2)17(22-8-10-25-11-9-22)13-21-19(23)16-12-15(20)6-7-18(16)24-3/h6-7,12,14,17H,4-5,8-11,13H2,1-3H3,(H,21,23). The van der Waals surface area contributed by atoms with Gasteiger partial charge >= 0.3 is 0 Å². The summed E-state index contributed by atoms with van der Waals surface area (Å²) in [5.74, 6) is 0.119. The Kier molecular flexibility index (Phi) is 7.65. The van der Waals surface area contributed by atoms with E-state index < -0.39 is 5.82 Å². The zero-order valence-corrected chi connectivity index (χ0v) is 15.4. The van der Waals surface area contributed by atoms with Gasteiger partial charge < -0.3 is 14.8 Å². The lowest BCUT2D eigenvalue weighted by atomic mass is 9.92. The molecule has 1 saturated heterocycles. The van der Waals surface area contributed by atoms with Crippen LogP contribution in [0.1, 0.15) is 37.0 Å². The average Bonchev–Trinajstić information content (AvgIpc) is 2.65. The van der Waals surface area contributed by atoms with E-state index in [1.807, 2.05) is 0 Å². The molecule has 0 aromatic heterocycles. The molecule has 0 spiro atoms. The first kappa shape index (κ1) is 19.7. The highest BCUT2D eigenvalue weighted by Crippen LogP contribution is 2.21. The fraction of sp³-hybridized carbons (Fsp3) is 0.632. The Morgan fingerprint density at radius 1 is 1.32 bits per heavy atom. The zero-order valence-electron chi connectivity index (χ0n) is 15.4. The van der Waals surface area contributed by atoms with Crippen molar-refractivity contribution in [1.82, 2.24) is 10.2 Å². The van der Waals surface area contributed by atoms with E-state index in [9.17, 15) is 9.18 Å². The molecule has 2 rings (SSSR count). The molecule has 1 atom stereocenters. The first-order valence-electron chi connectivity index (χ1n) is 9.04. The van der Waals surface area contributed by atoms with E-state index in [-0.39, 0.29) is 17.5 Å². The number of methoxy groups -OCH3 is 1. The number of amides is 1. The molecular formula is C19H29FN2O3. The van der Waals surface area contributed by atoms with E-state index in [1.54, 1.807) is 0 Å². The van der Waals surface area contributed by atoms with Crippen LogP contribution in [-0.2, 0) is 4.74 Å². The second-order valence-electron chi connectivity index (χ2n) is 6.35. The minimum atomic E-state index is -0.448. The largest absolute Gasteiger partial charge is 0.496 e. The first-order chi connectivity index (χ1) is 12.1. The molecule has 1 heterocycles. The number of halogens is 1. The maximum absolute atomic E-state index is 13.5. The maximum atomic E-state index is 13.5. The molecule has 1 aromatic carbocycles. The number of carbonyl (C=O) groups is 1. The highest BCUT2D eigenvalue weighted by molar-refractivity contribution is 5.96. The van der Waals surface area contributed by atoms with Crippen molar-refractivity contribution in [3.05, 3.63) is 29.6 Å². The van der Waals surface area contributed by atoms with Gasteiger partial charge in [-0.3, -0.25) is 9.69 Å². The highest BCUT2D eigenvalue weighted by Gasteiger charge is 2.27. The van der Waals surface area contributed by atoms with Crippen molar-refractivity contribution in [2.75, 3.05) is 40.0 Å². The van der Waals surface area contributed by atoms with Gasteiger partial charge in [-0.25, -0.2) is 4.39 Å². The summed E-state index contributed by atoms with van der Waals surface area (Å²) in [6.45, 7) is 8.09. The molecule has 1 unspecified atom stereocenters. The average molecular weight is 352 g/mol. The van der Waals surface area contributed by atoms with Gasteiger partial charge in [-0.1, -0.05) is 26.7 Å². The van der Waals surface area contributed by atoms with Gasteiger partial charge in [0.25, 0.3) is 5.91 Å². The normalized spacial score (nSPS) is 16.7. The van der Waals surface area contributed by atoms with Crippen LogP contribution in [0.2, 0.25) is 0 Å². The molecular weight excluding hydrogens is 323 g/mol. The third kappa shape index (κ3) is 5.16. The quantitative estimate of drug-likeness (QED) is 0.782. The van der Waals surface area contributed by atoms with Gasteiger partial charge in [-0.15, -0.1) is 0 Å². The predicted octanol–water partition coefficient (Wildman–Crippen LogP) is 2.70. The number of nitrogens with one attached hydrogen (secondary N) is 1. The van der Waals surface area contributed by atoms with Crippen LogP contribution in [0.15, 0.2) is 18.2 Å². The van der Waals surface area contributed by atoms with Gasteiger partial charge in [-0.2, -0.15) is 0 Å². The first-order valence-corrected chi connectivity index (χ1v) is 9.04. The van der Waals surface area contributed by atoms with Crippen molar-refractivity contribution < 1.29 is 18.7 Å². The summed E-state index contributed by atoms with van der Waals surface area (Å²) < 4.78 is 24.1. The van der Waals surface area contributed by atoms with Crippen LogP contribution in [0.3, 0.4) is 0 Å². The minimum Gasteiger partial charge on any atom is -0.496 e. The molecule has 5 nitrogen and oxygen atoms in total. The SMILES string of the molecule is CCC(CC)C(CNC(=O)c1cc(F)ccc1OC)N1CCOCC1. The fourth-order valence-electron chi connectivity index (χ4n) is 3.49. The number of hydrogen-bond donors (Lipinski definition) is 1. The van der Waals surface area contributed by atoms with Crippen molar-refractivity contribution in [2.24, 2.45) is 5.92 Å². The van der Waals surface area contributed by atoms with Crippen molar-refractivity contribution in [3.63, 3.8) is 0 Å². The zero-order chi connectivity index (χ0) is 18.2. The lowest BCUT2D eigenvalue weighted by Gasteiger charge is -2.38. The lowest BCUT2D eigenvalue weighted by molar-refractivity contribution is 0.00190. The molecule has 1 amide bonds. The number of ether oxygens (including phenoxy) is 2. The molecule has 6 heteroatoms. The van der Waals surface area contributed by atoms with Gasteiger partial charge in [-0.05, 0) is 24.1 Å². The Morgan fingerprint density at radius 2 is 2.00 bits per heavy atom. The summed E-state index contributed by atoms with van der Waals surface area (Å²) in [4.78, 5) is 15.0. The Balaban J connectivity index is 2.08. The van der Waals surface area contributed by atoms with Crippen LogP contribution in [0.5, 0.6) is 5.75 Å². The third-order valence-electron chi connectivity index (χ3n) is 4.99. The van der Waals surface area contributed by atoms with E-state index in [2.05, 4.69) is 24.1 Å². The van der Waals surface area contributed by atoms with E-state index in [4.69, 9.17) is 9.47 Å². The Labute approximate surface area is 149 Å². The number of morpholine rings is 1. The van der Waals surface area contributed by atoms with Crippen LogP contribution in [-0.4, -0.2) is 56.8 Å². The summed E-state index contributed by atoms with van der Waals surface area (Å²) in [5.41, 5.74) is 0.229. The molecule has 1 aliphatic rings. The highest BCUT2D eigenvalue weighted by atomic mass is 19.1. The van der Waals surface area contributed by atoms with Gasteiger partial charge in [0.2, 0.25) is 0 Å². The van der Waals surface area contributed by atoms with Crippen LogP contribution in [0, 0.1) is 11.7 Å². The second kappa shape index (κ2) is 9.73. The van der Waals surface area contributed by atoms with Gasteiger partial charge in [0.05, 0.1) is 25.9 Å². The molecule has 1 aromatic rings. The van der Waals surface area contributed by atoms with Crippen LogP contribution in [0.4, 0.5) is 4.39 Å². The topological polar surface area (TPSA) is 50.8 Å². The van der Waals surface area contributed by atoms with E-state index in [0.29, 0.717) is 18.2 Å². The van der Waals surface area contributed by atoms with Crippen LogP contribution in [0.25, 0.3) is 0 Å². The van der Waals surface area contributed by atoms with Crippen molar-refractivity contribution in [1.29, 1.82) is 0 Å². The Morgan fingerprint density at radius 3 is 2.60 bits per heavy atom. The fourth-order valence-corrected chi connectivity index (χ4v) is 3.49. The smallest absolute Gasteiger partial charge is 0.255 e. The summed E-state index contributed by atoms with van der Waals surface area (Å²) >= 11 is 0. The maximum Gasteiger partial charge on any atom is 0.255 e. The molecule has 140 valence electrons. The van der Waals surface area contributed by atoms with Gasteiger partial charge in [0, 0.05) is 25.7 Å². The van der Waals surface area contributed by atoms with Gasteiger partial charge in [0.1, 0.15) is 11.6 Å². The number of benzene rings is 1. The van der Waals surface area contributed by atoms with Crippen LogP contribution < -0.4 is 10.1 Å². The Hall–Kier alpha value is -1.66. The summed E-state index contributed by atoms with van der Waals surface area (Å²) in [5, 5.41) is 2.98. The van der Waals surface area contributed by atoms with Crippen molar-refractivity contribution in [3.8, 4) is 5.75 Å². The number of carbonyl (C=O) groups excluding carboxylic acids is 1. The minimum absolute atomic E-state index is 0.229. The summed E-state index contributed by atoms with van der Waals surface area (Å²) in [6, 6.07) is 4.23. The summed E-state index contributed by atoms with van der Waals surface area (Å²) in [7, 11) is 1.48. The molecule has 0 bridgehead atoms. The molecule has 1 aliphatic heterocycles. The van der Waals surface area contributed by atoms with E-state index >= 15 is 0 Å². The molecule has 25 heavy (non-hydrogen) atoms. The number of hydrogen-bond acceptors (Lipinski definition) is 4.